The van der Waals surface area contributed by atoms with E-state index >= 15 is 0 Å². The Morgan fingerprint density at radius 1 is 1.42 bits per heavy atom. The fourth-order valence-electron chi connectivity index (χ4n) is 1.24. The summed E-state index contributed by atoms with van der Waals surface area (Å²) < 4.78 is 0.338. The molecule has 1 nitrogen and oxygen atoms in total. The highest BCUT2D eigenvalue weighted by Crippen LogP contribution is 2.46. The van der Waals surface area contributed by atoms with E-state index in [0.717, 1.165) is 12.8 Å². The summed E-state index contributed by atoms with van der Waals surface area (Å²) in [6, 6.07) is 0. The van der Waals surface area contributed by atoms with E-state index in [1.807, 2.05) is 30.4 Å². The standard InChI is InChI=1S/C9H16OS2/c1-3-8(10)4-5-9(2)11-6-7-12-9/h3-7H2,1-2H3. The summed E-state index contributed by atoms with van der Waals surface area (Å²) in [5, 5.41) is 0. The zero-order valence-electron chi connectivity index (χ0n) is 7.76. The van der Waals surface area contributed by atoms with Crippen molar-refractivity contribution in [3.05, 3.63) is 0 Å². The maximum absolute atomic E-state index is 11.1. The third-order valence-corrected chi connectivity index (χ3v) is 5.56. The molecule has 0 spiro atoms. The summed E-state index contributed by atoms with van der Waals surface area (Å²) >= 11 is 4.02. The Kier molecular flexibility index (Phi) is 3.97. The number of carbonyl (C=O) groups is 1. The van der Waals surface area contributed by atoms with E-state index in [4.69, 9.17) is 0 Å². The molecule has 0 N–H and O–H groups in total. The number of hydrogen-bond donors (Lipinski definition) is 0. The van der Waals surface area contributed by atoms with Gasteiger partial charge in [-0.15, -0.1) is 23.5 Å². The molecule has 0 atom stereocenters. The van der Waals surface area contributed by atoms with Crippen molar-refractivity contribution in [3.8, 4) is 0 Å². The zero-order chi connectivity index (χ0) is 9.03. The molecule has 1 rings (SSSR count). The Bertz CT molecular complexity index is 162. The van der Waals surface area contributed by atoms with Crippen LogP contribution in [-0.4, -0.2) is 21.4 Å². The summed E-state index contributed by atoms with van der Waals surface area (Å²) in [6.07, 6.45) is 2.52. The number of carbonyl (C=O) groups excluding carboxylic acids is 1. The molecule has 0 amide bonds. The molecule has 0 unspecified atom stereocenters. The first-order chi connectivity index (χ1) is 5.66. The maximum Gasteiger partial charge on any atom is 0.132 e. The lowest BCUT2D eigenvalue weighted by Gasteiger charge is -2.20. The predicted octanol–water partition coefficient (Wildman–Crippen LogP) is 2.94. The lowest BCUT2D eigenvalue weighted by molar-refractivity contribution is -0.118. The van der Waals surface area contributed by atoms with Gasteiger partial charge in [0.25, 0.3) is 0 Å². The summed E-state index contributed by atoms with van der Waals surface area (Å²) in [7, 11) is 0. The second kappa shape index (κ2) is 4.56. The van der Waals surface area contributed by atoms with Crippen LogP contribution in [0.15, 0.2) is 0 Å². The Balaban J connectivity index is 2.25. The monoisotopic (exact) mass is 204 g/mol. The van der Waals surface area contributed by atoms with Crippen molar-refractivity contribution in [3.63, 3.8) is 0 Å². The fraction of sp³-hybridized carbons (Fsp3) is 0.889. The molecule has 0 aromatic carbocycles. The third-order valence-electron chi connectivity index (χ3n) is 2.15. The van der Waals surface area contributed by atoms with Gasteiger partial charge in [-0.25, -0.2) is 0 Å². The van der Waals surface area contributed by atoms with Crippen LogP contribution >= 0.6 is 23.5 Å². The minimum Gasteiger partial charge on any atom is -0.300 e. The second-order valence-electron chi connectivity index (χ2n) is 3.22. The van der Waals surface area contributed by atoms with Gasteiger partial charge in [0.2, 0.25) is 0 Å². The molecule has 1 heterocycles. The molecule has 0 saturated carbocycles. The van der Waals surface area contributed by atoms with Gasteiger partial charge in [0.15, 0.2) is 0 Å². The van der Waals surface area contributed by atoms with Crippen molar-refractivity contribution >= 4 is 29.3 Å². The molecule has 1 fully saturated rings. The second-order valence-corrected chi connectivity index (χ2v) is 6.68. The number of hydrogen-bond acceptors (Lipinski definition) is 3. The van der Waals surface area contributed by atoms with Crippen molar-refractivity contribution in [1.82, 2.24) is 0 Å². The van der Waals surface area contributed by atoms with Gasteiger partial charge in [0, 0.05) is 24.3 Å². The van der Waals surface area contributed by atoms with Crippen LogP contribution in [0.5, 0.6) is 0 Å². The molecule has 0 aliphatic carbocycles. The van der Waals surface area contributed by atoms with E-state index in [-0.39, 0.29) is 0 Å². The van der Waals surface area contributed by atoms with Crippen molar-refractivity contribution in [2.24, 2.45) is 0 Å². The maximum atomic E-state index is 11.1. The predicted molar refractivity (Wildman–Crippen MR) is 57.9 cm³/mol. The highest BCUT2D eigenvalue weighted by molar-refractivity contribution is 8.21. The first-order valence-electron chi connectivity index (χ1n) is 4.46. The lowest BCUT2D eigenvalue weighted by Crippen LogP contribution is -2.13. The minimum absolute atomic E-state index is 0.338. The molecule has 0 aromatic rings. The van der Waals surface area contributed by atoms with Crippen LogP contribution in [0, 0.1) is 0 Å². The van der Waals surface area contributed by atoms with E-state index in [1.54, 1.807) is 0 Å². The van der Waals surface area contributed by atoms with Crippen molar-refractivity contribution in [2.45, 2.75) is 37.2 Å². The molecule has 1 aliphatic heterocycles. The Morgan fingerprint density at radius 2 is 2.00 bits per heavy atom. The Hall–Kier alpha value is 0.370. The van der Waals surface area contributed by atoms with E-state index in [9.17, 15) is 4.79 Å². The highest BCUT2D eigenvalue weighted by Gasteiger charge is 2.30. The molecule has 0 aromatic heterocycles. The van der Waals surface area contributed by atoms with Gasteiger partial charge in [0.1, 0.15) is 5.78 Å². The van der Waals surface area contributed by atoms with Gasteiger partial charge < -0.3 is 0 Å². The van der Waals surface area contributed by atoms with E-state index in [0.29, 0.717) is 16.3 Å². The zero-order valence-corrected chi connectivity index (χ0v) is 9.39. The molecule has 12 heavy (non-hydrogen) atoms. The van der Waals surface area contributed by atoms with Crippen LogP contribution in [-0.2, 0) is 4.79 Å². The molecule has 1 saturated heterocycles. The van der Waals surface area contributed by atoms with Crippen LogP contribution in [0.3, 0.4) is 0 Å². The SMILES string of the molecule is CCC(=O)CCC1(C)SCCS1. The quantitative estimate of drug-likeness (QED) is 0.701. The lowest BCUT2D eigenvalue weighted by atomic mass is 10.1. The van der Waals surface area contributed by atoms with Crippen LogP contribution in [0.4, 0.5) is 0 Å². The fourth-order valence-corrected chi connectivity index (χ4v) is 4.10. The minimum atomic E-state index is 0.338. The summed E-state index contributed by atoms with van der Waals surface area (Å²) in [5.74, 6) is 2.91. The molecule has 0 bridgehead atoms. The van der Waals surface area contributed by atoms with Gasteiger partial charge in [-0.05, 0) is 13.3 Å². The van der Waals surface area contributed by atoms with E-state index < -0.39 is 0 Å². The smallest absolute Gasteiger partial charge is 0.132 e. The molecular formula is C9H16OS2. The normalized spacial score (nSPS) is 21.2. The Labute approximate surface area is 83.1 Å². The van der Waals surface area contributed by atoms with E-state index in [1.165, 1.54) is 11.5 Å². The van der Waals surface area contributed by atoms with Gasteiger partial charge >= 0.3 is 0 Å². The van der Waals surface area contributed by atoms with Gasteiger partial charge in [-0.1, -0.05) is 6.92 Å². The van der Waals surface area contributed by atoms with Gasteiger partial charge in [-0.3, -0.25) is 4.79 Å². The summed E-state index contributed by atoms with van der Waals surface area (Å²) in [6.45, 7) is 4.21. The average molecular weight is 204 g/mol. The molecule has 3 heteroatoms. The van der Waals surface area contributed by atoms with Gasteiger partial charge in [0.05, 0.1) is 4.08 Å². The molecular weight excluding hydrogens is 188 g/mol. The van der Waals surface area contributed by atoms with Crippen LogP contribution in [0.1, 0.15) is 33.1 Å². The summed E-state index contributed by atoms with van der Waals surface area (Å²) in [5.41, 5.74) is 0. The third kappa shape index (κ3) is 3.02. The topological polar surface area (TPSA) is 17.1 Å². The van der Waals surface area contributed by atoms with Crippen molar-refractivity contribution < 1.29 is 4.79 Å². The number of rotatable bonds is 4. The van der Waals surface area contributed by atoms with Gasteiger partial charge in [-0.2, -0.15) is 0 Å². The largest absolute Gasteiger partial charge is 0.300 e. The Morgan fingerprint density at radius 3 is 2.50 bits per heavy atom. The molecule has 70 valence electrons. The summed E-state index contributed by atoms with van der Waals surface area (Å²) in [4.78, 5) is 11.1. The number of ketones is 1. The van der Waals surface area contributed by atoms with Crippen molar-refractivity contribution in [1.29, 1.82) is 0 Å². The van der Waals surface area contributed by atoms with E-state index in [2.05, 4.69) is 6.92 Å². The number of thioether (sulfide) groups is 2. The molecule has 0 radical (unpaired) electrons. The van der Waals surface area contributed by atoms with Crippen LogP contribution in [0.25, 0.3) is 0 Å². The van der Waals surface area contributed by atoms with Crippen LogP contribution < -0.4 is 0 Å². The molecule has 1 aliphatic rings. The average Bonchev–Trinajstić information content (AvgIpc) is 2.49. The first-order valence-corrected chi connectivity index (χ1v) is 6.43. The number of Topliss-reactive ketones (excluding diaryl/α,β-unsaturated/α-hetero) is 1. The van der Waals surface area contributed by atoms with Crippen molar-refractivity contribution in [2.75, 3.05) is 11.5 Å². The highest BCUT2D eigenvalue weighted by atomic mass is 32.2. The first kappa shape index (κ1) is 10.5. The van der Waals surface area contributed by atoms with Crippen LogP contribution in [0.2, 0.25) is 0 Å².